The Balaban J connectivity index is 3.08. The fraction of sp³-hybridized carbons (Fsp3) is 0.682. The third-order valence-electron chi connectivity index (χ3n) is 4.88. The molecule has 0 aliphatic carbocycles. The summed E-state index contributed by atoms with van der Waals surface area (Å²) in [5.41, 5.74) is 2.10. The predicted molar refractivity (Wildman–Crippen MR) is 101 cm³/mol. The van der Waals surface area contributed by atoms with Gasteiger partial charge in [-0.15, -0.1) is 0 Å². The molecule has 1 heteroatoms. The third kappa shape index (κ3) is 6.12. The van der Waals surface area contributed by atoms with E-state index in [1.165, 1.54) is 44.1 Å². The maximum atomic E-state index is 13.3. The maximum absolute atomic E-state index is 13.3. The lowest BCUT2D eigenvalue weighted by atomic mass is 9.67. The van der Waals surface area contributed by atoms with Crippen molar-refractivity contribution in [2.75, 3.05) is 0 Å². The molecule has 23 heavy (non-hydrogen) atoms. The number of Topliss-reactive ketones (excluding diaryl/α,β-unsaturated/α-hetero) is 1. The standard InChI is InChI=1S/C22H36O/c1-7-9-11-18(12-10-8-2)20(22(4,5)6)21(23)19-15-13-17(3)14-16-19/h13-16,18,20H,7-12H2,1-6H3. The molecular weight excluding hydrogens is 280 g/mol. The Morgan fingerprint density at radius 2 is 1.43 bits per heavy atom. The molecule has 0 N–H and O–H groups in total. The lowest BCUT2D eigenvalue weighted by Gasteiger charge is -2.36. The summed E-state index contributed by atoms with van der Waals surface area (Å²) in [4.78, 5) is 13.3. The van der Waals surface area contributed by atoms with Gasteiger partial charge in [0, 0.05) is 11.5 Å². The van der Waals surface area contributed by atoms with Crippen molar-refractivity contribution < 1.29 is 4.79 Å². The number of hydrogen-bond acceptors (Lipinski definition) is 1. The molecule has 1 unspecified atom stereocenters. The number of carbonyl (C=O) groups is 1. The Morgan fingerprint density at radius 1 is 0.957 bits per heavy atom. The highest BCUT2D eigenvalue weighted by Crippen LogP contribution is 2.39. The molecule has 0 bridgehead atoms. The van der Waals surface area contributed by atoms with Crippen LogP contribution in [0.15, 0.2) is 24.3 Å². The van der Waals surface area contributed by atoms with Crippen LogP contribution in [0.3, 0.4) is 0 Å². The summed E-state index contributed by atoms with van der Waals surface area (Å²) in [7, 11) is 0. The van der Waals surface area contributed by atoms with Crippen LogP contribution in [0.2, 0.25) is 0 Å². The normalized spacial score (nSPS) is 13.3. The molecule has 130 valence electrons. The zero-order valence-corrected chi connectivity index (χ0v) is 16.1. The van der Waals surface area contributed by atoms with Crippen LogP contribution in [0.25, 0.3) is 0 Å². The third-order valence-corrected chi connectivity index (χ3v) is 4.88. The van der Waals surface area contributed by atoms with Gasteiger partial charge in [0.15, 0.2) is 5.78 Å². The van der Waals surface area contributed by atoms with Crippen LogP contribution < -0.4 is 0 Å². The minimum absolute atomic E-state index is 0.00805. The number of benzene rings is 1. The molecule has 0 aliphatic rings. The van der Waals surface area contributed by atoms with Gasteiger partial charge >= 0.3 is 0 Å². The van der Waals surface area contributed by atoms with E-state index in [1.54, 1.807) is 0 Å². The molecule has 1 aromatic carbocycles. The van der Waals surface area contributed by atoms with Crippen LogP contribution in [-0.2, 0) is 0 Å². The summed E-state index contributed by atoms with van der Waals surface area (Å²) in [6.07, 6.45) is 7.22. The van der Waals surface area contributed by atoms with E-state index in [2.05, 4.69) is 53.7 Å². The van der Waals surface area contributed by atoms with Gasteiger partial charge in [0.05, 0.1) is 0 Å². The number of aryl methyl sites for hydroxylation is 1. The average Bonchev–Trinajstić information content (AvgIpc) is 2.49. The molecule has 0 aliphatic heterocycles. The Kier molecular flexibility index (Phi) is 8.02. The van der Waals surface area contributed by atoms with E-state index in [4.69, 9.17) is 0 Å². The Bertz CT molecular complexity index is 456. The summed E-state index contributed by atoms with van der Waals surface area (Å²) in [5.74, 6) is 0.960. The van der Waals surface area contributed by atoms with E-state index >= 15 is 0 Å². The molecule has 0 fully saturated rings. The van der Waals surface area contributed by atoms with Crippen molar-refractivity contribution in [2.24, 2.45) is 17.3 Å². The molecule has 0 heterocycles. The van der Waals surface area contributed by atoms with Crippen molar-refractivity contribution in [1.29, 1.82) is 0 Å². The predicted octanol–water partition coefficient (Wildman–Crippen LogP) is 6.84. The molecule has 1 rings (SSSR count). The van der Waals surface area contributed by atoms with Gasteiger partial charge in [0.1, 0.15) is 0 Å². The van der Waals surface area contributed by atoms with Crippen LogP contribution in [0.1, 0.15) is 89.1 Å². The van der Waals surface area contributed by atoms with E-state index < -0.39 is 0 Å². The van der Waals surface area contributed by atoms with Crippen molar-refractivity contribution in [3.63, 3.8) is 0 Å². The van der Waals surface area contributed by atoms with Gasteiger partial charge in [-0.1, -0.05) is 90.1 Å². The number of unbranched alkanes of at least 4 members (excludes halogenated alkanes) is 2. The van der Waals surface area contributed by atoms with E-state index in [0.717, 1.165) is 5.56 Å². The summed E-state index contributed by atoms with van der Waals surface area (Å²) >= 11 is 0. The quantitative estimate of drug-likeness (QED) is 0.456. The molecule has 0 amide bonds. The number of carbonyl (C=O) groups excluding carboxylic acids is 1. The molecule has 0 spiro atoms. The number of hydrogen-bond donors (Lipinski definition) is 0. The summed E-state index contributed by atoms with van der Waals surface area (Å²) in [5, 5.41) is 0. The van der Waals surface area contributed by atoms with E-state index in [0.29, 0.717) is 11.7 Å². The molecule has 1 nitrogen and oxygen atoms in total. The number of ketones is 1. The zero-order valence-electron chi connectivity index (χ0n) is 16.1. The first kappa shape index (κ1) is 19.9. The van der Waals surface area contributed by atoms with Gasteiger partial charge in [-0.3, -0.25) is 4.79 Å². The largest absolute Gasteiger partial charge is 0.294 e. The van der Waals surface area contributed by atoms with Crippen LogP contribution in [0.4, 0.5) is 0 Å². The molecule has 0 aromatic heterocycles. The first-order valence-corrected chi connectivity index (χ1v) is 9.42. The molecule has 0 saturated carbocycles. The number of rotatable bonds is 9. The summed E-state index contributed by atoms with van der Waals surface area (Å²) < 4.78 is 0. The van der Waals surface area contributed by atoms with Crippen molar-refractivity contribution >= 4 is 5.78 Å². The van der Waals surface area contributed by atoms with E-state index in [9.17, 15) is 4.79 Å². The molecule has 1 atom stereocenters. The van der Waals surface area contributed by atoms with Crippen molar-refractivity contribution in [2.45, 2.75) is 80.1 Å². The molecule has 0 saturated heterocycles. The Labute approximate surface area is 143 Å². The lowest BCUT2D eigenvalue weighted by Crippen LogP contribution is -2.35. The average molecular weight is 317 g/mol. The SMILES string of the molecule is CCCCC(CCCC)C(C(=O)c1ccc(C)cc1)C(C)(C)C. The van der Waals surface area contributed by atoms with Crippen molar-refractivity contribution in [3.05, 3.63) is 35.4 Å². The van der Waals surface area contributed by atoms with Gasteiger partial charge in [-0.05, 0) is 31.1 Å². The minimum atomic E-state index is 0.00805. The topological polar surface area (TPSA) is 17.1 Å². The molecule has 1 aromatic rings. The van der Waals surface area contributed by atoms with Gasteiger partial charge < -0.3 is 0 Å². The van der Waals surface area contributed by atoms with Gasteiger partial charge in [-0.2, -0.15) is 0 Å². The highest BCUT2D eigenvalue weighted by molar-refractivity contribution is 5.98. The Morgan fingerprint density at radius 3 is 1.83 bits per heavy atom. The second-order valence-electron chi connectivity index (χ2n) is 8.12. The van der Waals surface area contributed by atoms with Crippen LogP contribution >= 0.6 is 0 Å². The second kappa shape index (κ2) is 9.25. The second-order valence-corrected chi connectivity index (χ2v) is 8.12. The zero-order chi connectivity index (χ0) is 17.5. The van der Waals surface area contributed by atoms with Crippen molar-refractivity contribution in [3.8, 4) is 0 Å². The van der Waals surface area contributed by atoms with Crippen LogP contribution in [-0.4, -0.2) is 5.78 Å². The van der Waals surface area contributed by atoms with E-state index in [-0.39, 0.29) is 11.3 Å². The van der Waals surface area contributed by atoms with E-state index in [1.807, 2.05) is 12.1 Å². The first-order chi connectivity index (χ1) is 10.8. The van der Waals surface area contributed by atoms with Crippen LogP contribution in [0.5, 0.6) is 0 Å². The maximum Gasteiger partial charge on any atom is 0.166 e. The fourth-order valence-electron chi connectivity index (χ4n) is 3.62. The van der Waals surface area contributed by atoms with Gasteiger partial charge in [0.25, 0.3) is 0 Å². The highest BCUT2D eigenvalue weighted by atomic mass is 16.1. The smallest absolute Gasteiger partial charge is 0.166 e. The Hall–Kier alpha value is -1.11. The monoisotopic (exact) mass is 316 g/mol. The van der Waals surface area contributed by atoms with Crippen LogP contribution in [0, 0.1) is 24.2 Å². The fourth-order valence-corrected chi connectivity index (χ4v) is 3.62. The minimum Gasteiger partial charge on any atom is -0.294 e. The van der Waals surface area contributed by atoms with Crippen molar-refractivity contribution in [1.82, 2.24) is 0 Å². The van der Waals surface area contributed by atoms with Gasteiger partial charge in [-0.25, -0.2) is 0 Å². The lowest BCUT2D eigenvalue weighted by molar-refractivity contribution is 0.0678. The molecular formula is C22H36O. The highest BCUT2D eigenvalue weighted by Gasteiger charge is 2.37. The summed E-state index contributed by atoms with van der Waals surface area (Å²) in [6, 6.07) is 8.13. The summed E-state index contributed by atoms with van der Waals surface area (Å²) in [6.45, 7) is 13.2. The molecule has 0 radical (unpaired) electrons. The van der Waals surface area contributed by atoms with Gasteiger partial charge in [0.2, 0.25) is 0 Å². The first-order valence-electron chi connectivity index (χ1n) is 9.42.